The molecule has 1 aliphatic rings. The third-order valence-corrected chi connectivity index (χ3v) is 5.26. The van der Waals surface area contributed by atoms with Gasteiger partial charge in [0, 0.05) is 30.5 Å². The molecule has 1 aromatic heterocycles. The minimum absolute atomic E-state index is 0.0866. The molecule has 0 spiro atoms. The van der Waals surface area contributed by atoms with Crippen molar-refractivity contribution in [3.05, 3.63) is 70.4 Å². The zero-order valence-electron chi connectivity index (χ0n) is 13.6. The Morgan fingerprint density at radius 3 is 2.84 bits per heavy atom. The minimum Gasteiger partial charge on any atom is -0.347 e. The van der Waals surface area contributed by atoms with Gasteiger partial charge in [-0.15, -0.1) is 0 Å². The van der Waals surface area contributed by atoms with Gasteiger partial charge < -0.3 is 10.2 Å². The Balaban J connectivity index is 1.46. The van der Waals surface area contributed by atoms with Crippen molar-refractivity contribution in [2.45, 2.75) is 19.0 Å². The predicted octanol–water partition coefficient (Wildman–Crippen LogP) is 3.43. The number of carbonyl (C=O) groups excluding carboxylic acids is 2. The molecule has 126 valence electrons. The highest BCUT2D eigenvalue weighted by Crippen LogP contribution is 2.22. The van der Waals surface area contributed by atoms with Gasteiger partial charge in [-0.05, 0) is 27.8 Å². The van der Waals surface area contributed by atoms with Gasteiger partial charge in [0.15, 0.2) is 0 Å². The van der Waals surface area contributed by atoms with Gasteiger partial charge in [0.05, 0.1) is 6.04 Å². The molecule has 1 N–H and O–H groups in total. The first-order valence-electron chi connectivity index (χ1n) is 8.28. The van der Waals surface area contributed by atoms with Crippen LogP contribution >= 0.6 is 11.3 Å². The molecule has 0 aliphatic carbocycles. The molecule has 3 aromatic rings. The maximum Gasteiger partial charge on any atom is 0.252 e. The molecule has 4 nitrogen and oxygen atoms in total. The molecule has 1 unspecified atom stereocenters. The Morgan fingerprint density at radius 1 is 1.16 bits per heavy atom. The van der Waals surface area contributed by atoms with E-state index in [9.17, 15) is 9.59 Å². The number of carbonyl (C=O) groups is 2. The Hall–Kier alpha value is -2.66. The summed E-state index contributed by atoms with van der Waals surface area (Å²) < 4.78 is 0. The summed E-state index contributed by atoms with van der Waals surface area (Å²) in [7, 11) is 0. The van der Waals surface area contributed by atoms with Crippen LogP contribution in [0, 0.1) is 0 Å². The zero-order valence-corrected chi connectivity index (χ0v) is 14.5. The monoisotopic (exact) mass is 350 g/mol. The molecular weight excluding hydrogens is 332 g/mol. The number of nitrogens with one attached hydrogen (secondary N) is 1. The molecule has 4 rings (SSSR count). The van der Waals surface area contributed by atoms with E-state index in [0.29, 0.717) is 25.1 Å². The van der Waals surface area contributed by atoms with Crippen molar-refractivity contribution in [3.8, 4) is 0 Å². The zero-order chi connectivity index (χ0) is 17.2. The number of benzene rings is 2. The Labute approximate surface area is 150 Å². The summed E-state index contributed by atoms with van der Waals surface area (Å²) in [5.74, 6) is -0.0189. The fourth-order valence-electron chi connectivity index (χ4n) is 3.32. The van der Waals surface area contributed by atoms with E-state index >= 15 is 0 Å². The maximum atomic E-state index is 12.4. The molecule has 0 radical (unpaired) electrons. The number of fused-ring (bicyclic) bond motifs is 1. The molecule has 25 heavy (non-hydrogen) atoms. The second-order valence-electron chi connectivity index (χ2n) is 6.30. The van der Waals surface area contributed by atoms with Crippen molar-refractivity contribution in [3.63, 3.8) is 0 Å². The van der Waals surface area contributed by atoms with Crippen LogP contribution in [0.3, 0.4) is 0 Å². The number of nitrogens with zero attached hydrogens (tertiary/aromatic N) is 1. The number of hydrogen-bond donors (Lipinski definition) is 1. The van der Waals surface area contributed by atoms with Crippen LogP contribution in [0.25, 0.3) is 10.8 Å². The highest BCUT2D eigenvalue weighted by molar-refractivity contribution is 7.08. The van der Waals surface area contributed by atoms with Crippen molar-refractivity contribution in [2.75, 3.05) is 6.54 Å². The summed E-state index contributed by atoms with van der Waals surface area (Å²) in [5.41, 5.74) is 1.79. The lowest BCUT2D eigenvalue weighted by atomic mass is 10.0. The Morgan fingerprint density at radius 2 is 2.00 bits per heavy atom. The van der Waals surface area contributed by atoms with Gasteiger partial charge in [-0.25, -0.2) is 0 Å². The van der Waals surface area contributed by atoms with Crippen LogP contribution in [0.5, 0.6) is 0 Å². The van der Waals surface area contributed by atoms with Gasteiger partial charge >= 0.3 is 0 Å². The highest BCUT2D eigenvalue weighted by atomic mass is 32.1. The van der Waals surface area contributed by atoms with Crippen LogP contribution < -0.4 is 5.32 Å². The maximum absolute atomic E-state index is 12.4. The number of rotatable bonds is 4. The van der Waals surface area contributed by atoms with E-state index in [1.54, 1.807) is 6.07 Å². The molecule has 2 aromatic carbocycles. The minimum atomic E-state index is -0.130. The largest absolute Gasteiger partial charge is 0.347 e. The predicted molar refractivity (Wildman–Crippen MR) is 99.6 cm³/mol. The van der Waals surface area contributed by atoms with Gasteiger partial charge in [-0.1, -0.05) is 42.5 Å². The third-order valence-electron chi connectivity index (χ3n) is 4.57. The van der Waals surface area contributed by atoms with Crippen LogP contribution in [0.2, 0.25) is 0 Å². The molecule has 0 saturated carbocycles. The molecule has 5 heteroatoms. The van der Waals surface area contributed by atoms with E-state index in [0.717, 1.165) is 5.56 Å². The number of likely N-dealkylation sites (tertiary alicyclic amines) is 1. The van der Waals surface area contributed by atoms with Gasteiger partial charge in [-0.2, -0.15) is 11.3 Å². The van der Waals surface area contributed by atoms with Crippen molar-refractivity contribution in [1.29, 1.82) is 0 Å². The number of amides is 2. The van der Waals surface area contributed by atoms with E-state index < -0.39 is 0 Å². The molecule has 1 aliphatic heterocycles. The van der Waals surface area contributed by atoms with Gasteiger partial charge in [0.1, 0.15) is 0 Å². The third kappa shape index (κ3) is 3.28. The number of hydrogen-bond acceptors (Lipinski definition) is 3. The fourth-order valence-corrected chi connectivity index (χ4v) is 3.96. The molecule has 1 fully saturated rings. The van der Waals surface area contributed by atoms with E-state index in [2.05, 4.69) is 29.6 Å². The van der Waals surface area contributed by atoms with E-state index in [4.69, 9.17) is 0 Å². The summed E-state index contributed by atoms with van der Waals surface area (Å²) in [6.07, 6.45) is 0.362. The normalized spacial score (nSPS) is 17.2. The van der Waals surface area contributed by atoms with Crippen molar-refractivity contribution in [2.24, 2.45) is 0 Å². The first-order chi connectivity index (χ1) is 12.2. The summed E-state index contributed by atoms with van der Waals surface area (Å²) in [4.78, 5) is 26.4. The molecular formula is C20H18N2O2S. The lowest BCUT2D eigenvalue weighted by molar-refractivity contribution is -0.128. The van der Waals surface area contributed by atoms with Crippen LogP contribution in [0.1, 0.15) is 22.3 Å². The highest BCUT2D eigenvalue weighted by Gasteiger charge is 2.31. The van der Waals surface area contributed by atoms with E-state index in [-0.39, 0.29) is 17.9 Å². The molecule has 1 atom stereocenters. The van der Waals surface area contributed by atoms with Crippen molar-refractivity contribution in [1.82, 2.24) is 10.2 Å². The Kier molecular flexibility index (Phi) is 4.24. The summed E-state index contributed by atoms with van der Waals surface area (Å²) in [6.45, 7) is 1.13. The number of thiophene rings is 1. The van der Waals surface area contributed by atoms with Gasteiger partial charge in [0.2, 0.25) is 5.91 Å². The second-order valence-corrected chi connectivity index (χ2v) is 7.08. The standard InChI is InChI=1S/C20H18N2O2S/c23-19-10-17(21-20(24)16-8-9-25-13-16)12-22(19)11-15-6-3-5-14-4-1-2-7-18(14)15/h1-9,13,17H,10-12H2,(H,21,24). The van der Waals surface area contributed by atoms with Crippen LogP contribution in [-0.2, 0) is 11.3 Å². The lowest BCUT2D eigenvalue weighted by Crippen LogP contribution is -2.36. The average Bonchev–Trinajstić information content (AvgIpc) is 3.26. The van der Waals surface area contributed by atoms with Crippen LogP contribution in [0.15, 0.2) is 59.3 Å². The molecule has 0 bridgehead atoms. The SMILES string of the molecule is O=C(NC1CC(=O)N(Cc2cccc3ccccc23)C1)c1ccsc1. The smallest absolute Gasteiger partial charge is 0.252 e. The molecule has 2 amide bonds. The Bertz CT molecular complexity index is 915. The molecule has 1 saturated heterocycles. The second kappa shape index (κ2) is 6.69. The summed E-state index contributed by atoms with van der Waals surface area (Å²) in [5, 5.41) is 9.01. The van der Waals surface area contributed by atoms with Crippen LogP contribution in [-0.4, -0.2) is 29.3 Å². The van der Waals surface area contributed by atoms with E-state index in [1.165, 1.54) is 22.1 Å². The van der Waals surface area contributed by atoms with E-state index in [1.807, 2.05) is 33.9 Å². The topological polar surface area (TPSA) is 49.4 Å². The first-order valence-corrected chi connectivity index (χ1v) is 9.22. The van der Waals surface area contributed by atoms with Gasteiger partial charge in [0.25, 0.3) is 5.91 Å². The molecule has 2 heterocycles. The summed E-state index contributed by atoms with van der Waals surface area (Å²) >= 11 is 1.49. The summed E-state index contributed by atoms with van der Waals surface area (Å²) in [6, 6.07) is 16.0. The average molecular weight is 350 g/mol. The lowest BCUT2D eigenvalue weighted by Gasteiger charge is -2.18. The van der Waals surface area contributed by atoms with Crippen LogP contribution in [0.4, 0.5) is 0 Å². The fraction of sp³-hybridized carbons (Fsp3) is 0.200. The first kappa shape index (κ1) is 15.8. The van der Waals surface area contributed by atoms with Crippen molar-refractivity contribution < 1.29 is 9.59 Å². The van der Waals surface area contributed by atoms with Crippen molar-refractivity contribution >= 4 is 33.9 Å². The van der Waals surface area contributed by atoms with Gasteiger partial charge in [-0.3, -0.25) is 9.59 Å². The quantitative estimate of drug-likeness (QED) is 0.784.